The van der Waals surface area contributed by atoms with Crippen molar-refractivity contribution in [2.45, 2.75) is 13.8 Å². The highest BCUT2D eigenvalue weighted by atomic mass is 32.1. The number of hydrogen-bond donors (Lipinski definition) is 2. The molecule has 2 heterocycles. The molecule has 0 atom stereocenters. The summed E-state index contributed by atoms with van der Waals surface area (Å²) in [7, 11) is 1.51. The second-order valence-electron chi connectivity index (χ2n) is 7.77. The number of amides is 2. The van der Waals surface area contributed by atoms with Crippen LogP contribution in [0.5, 0.6) is 5.75 Å². The van der Waals surface area contributed by atoms with Crippen molar-refractivity contribution in [2.24, 2.45) is 0 Å². The van der Waals surface area contributed by atoms with Gasteiger partial charge >= 0.3 is 5.97 Å². The molecule has 4 aromatic rings. The van der Waals surface area contributed by atoms with Crippen LogP contribution in [0.1, 0.15) is 20.9 Å². The molecule has 2 N–H and O–H groups in total. The quantitative estimate of drug-likeness (QED) is 0.364. The van der Waals surface area contributed by atoms with E-state index in [-0.39, 0.29) is 6.54 Å². The molecule has 0 saturated carbocycles. The van der Waals surface area contributed by atoms with E-state index in [9.17, 15) is 14.4 Å². The molecule has 0 saturated heterocycles. The van der Waals surface area contributed by atoms with Crippen molar-refractivity contribution < 1.29 is 23.9 Å². The van der Waals surface area contributed by atoms with E-state index in [0.29, 0.717) is 16.3 Å². The summed E-state index contributed by atoms with van der Waals surface area (Å²) in [5.41, 5.74) is 3.12. The Morgan fingerprint density at radius 3 is 2.54 bits per heavy atom. The number of carbonyl (C=O) groups is 3. The fraction of sp³-hybridized carbons (Fsp3) is 0.200. The van der Waals surface area contributed by atoms with E-state index in [4.69, 9.17) is 9.47 Å². The fourth-order valence-electron chi connectivity index (χ4n) is 3.44. The van der Waals surface area contributed by atoms with Crippen LogP contribution in [0.2, 0.25) is 0 Å². The van der Waals surface area contributed by atoms with Crippen LogP contribution in [-0.4, -0.2) is 47.8 Å². The van der Waals surface area contributed by atoms with E-state index in [0.717, 1.165) is 27.2 Å². The van der Waals surface area contributed by atoms with E-state index in [1.54, 1.807) is 22.9 Å². The first kappa shape index (κ1) is 24.0. The Kier molecular flexibility index (Phi) is 7.11. The molecule has 0 unspecified atom stereocenters. The van der Waals surface area contributed by atoms with Crippen LogP contribution < -0.4 is 15.4 Å². The minimum Gasteiger partial charge on any atom is -0.495 e. The van der Waals surface area contributed by atoms with Gasteiger partial charge in [0.2, 0.25) is 5.91 Å². The maximum absolute atomic E-state index is 12.5. The van der Waals surface area contributed by atoms with Gasteiger partial charge in [0.1, 0.15) is 15.5 Å². The molecule has 0 fully saturated rings. The monoisotopic (exact) mass is 492 g/mol. The van der Waals surface area contributed by atoms with Crippen LogP contribution >= 0.6 is 11.3 Å². The second-order valence-corrected chi connectivity index (χ2v) is 8.80. The van der Waals surface area contributed by atoms with Gasteiger partial charge in [-0.15, -0.1) is 11.3 Å². The van der Waals surface area contributed by atoms with Crippen molar-refractivity contribution >= 4 is 45.0 Å². The number of esters is 1. The first-order valence-electron chi connectivity index (χ1n) is 10.8. The number of aryl methyl sites for hydroxylation is 2. The van der Waals surface area contributed by atoms with Gasteiger partial charge in [-0.2, -0.15) is 5.10 Å². The number of benzene rings is 2. The minimum atomic E-state index is -0.616. The van der Waals surface area contributed by atoms with Crippen LogP contribution in [0.3, 0.4) is 0 Å². The largest absolute Gasteiger partial charge is 0.495 e. The molecule has 0 spiro atoms. The molecule has 0 aliphatic heterocycles. The van der Waals surface area contributed by atoms with Gasteiger partial charge in [-0.25, -0.2) is 9.48 Å². The Bertz CT molecular complexity index is 1390. The number of thiophene rings is 1. The summed E-state index contributed by atoms with van der Waals surface area (Å²) in [5.74, 6) is -1.12. The zero-order valence-electron chi connectivity index (χ0n) is 19.5. The number of aromatic nitrogens is 2. The summed E-state index contributed by atoms with van der Waals surface area (Å²) in [5, 5.41) is 10.5. The van der Waals surface area contributed by atoms with Crippen molar-refractivity contribution in [3.8, 4) is 11.4 Å². The molecule has 2 amide bonds. The summed E-state index contributed by atoms with van der Waals surface area (Å²) in [6.07, 6.45) is 0. The lowest BCUT2D eigenvalue weighted by molar-refractivity contribution is -0.126. The molecule has 180 valence electrons. The molecule has 9 nitrogen and oxygen atoms in total. The normalized spacial score (nSPS) is 10.7. The average molecular weight is 493 g/mol. The number of ether oxygens (including phenoxy) is 2. The third-order valence-corrected chi connectivity index (χ3v) is 6.25. The predicted octanol–water partition coefficient (Wildman–Crippen LogP) is 3.62. The Balaban J connectivity index is 1.32. The van der Waals surface area contributed by atoms with Gasteiger partial charge in [-0.05, 0) is 49.7 Å². The topological polar surface area (TPSA) is 112 Å². The lowest BCUT2D eigenvalue weighted by Gasteiger charge is -2.11. The highest BCUT2D eigenvalue weighted by molar-refractivity contribution is 7.20. The zero-order valence-corrected chi connectivity index (χ0v) is 20.3. The molecular weight excluding hydrogens is 468 g/mol. The van der Waals surface area contributed by atoms with Crippen LogP contribution in [-0.2, 0) is 14.3 Å². The SMILES string of the molecule is COc1ccc(C)cc1NC(=O)CNC(=O)COC(=O)c1cc2c(C)nn(-c3ccccc3)c2s1. The Labute approximate surface area is 205 Å². The van der Waals surface area contributed by atoms with Crippen molar-refractivity contribution in [3.63, 3.8) is 0 Å². The number of anilines is 1. The summed E-state index contributed by atoms with van der Waals surface area (Å²) in [6.45, 7) is 2.98. The second kappa shape index (κ2) is 10.4. The van der Waals surface area contributed by atoms with E-state index in [1.165, 1.54) is 18.4 Å². The number of nitrogens with one attached hydrogen (secondary N) is 2. The molecule has 4 rings (SSSR count). The van der Waals surface area contributed by atoms with Crippen molar-refractivity contribution in [2.75, 3.05) is 25.6 Å². The summed E-state index contributed by atoms with van der Waals surface area (Å²) in [6, 6.07) is 16.7. The van der Waals surface area contributed by atoms with E-state index < -0.39 is 24.4 Å². The first-order chi connectivity index (χ1) is 16.9. The molecular formula is C25H24N4O5S. The van der Waals surface area contributed by atoms with Gasteiger partial charge < -0.3 is 20.1 Å². The summed E-state index contributed by atoms with van der Waals surface area (Å²) < 4.78 is 12.2. The smallest absolute Gasteiger partial charge is 0.348 e. The first-order valence-corrected chi connectivity index (χ1v) is 11.6. The van der Waals surface area contributed by atoms with Crippen LogP contribution in [0.4, 0.5) is 5.69 Å². The zero-order chi connectivity index (χ0) is 24.9. The highest BCUT2D eigenvalue weighted by Gasteiger charge is 2.19. The molecule has 10 heteroatoms. The Hall–Kier alpha value is -4.18. The van der Waals surface area contributed by atoms with E-state index >= 15 is 0 Å². The third kappa shape index (κ3) is 5.49. The van der Waals surface area contributed by atoms with Crippen molar-refractivity contribution in [3.05, 3.63) is 70.7 Å². The Morgan fingerprint density at radius 2 is 1.80 bits per heavy atom. The van der Waals surface area contributed by atoms with E-state index in [2.05, 4.69) is 15.7 Å². The third-order valence-electron chi connectivity index (χ3n) is 5.16. The van der Waals surface area contributed by atoms with Gasteiger partial charge in [-0.1, -0.05) is 24.3 Å². The van der Waals surface area contributed by atoms with Gasteiger partial charge in [0, 0.05) is 5.39 Å². The van der Waals surface area contributed by atoms with Crippen molar-refractivity contribution in [1.82, 2.24) is 15.1 Å². The molecule has 0 bridgehead atoms. The maximum atomic E-state index is 12.5. The lowest BCUT2D eigenvalue weighted by atomic mass is 10.2. The van der Waals surface area contributed by atoms with E-state index in [1.807, 2.05) is 50.2 Å². The number of fused-ring (bicyclic) bond motifs is 1. The summed E-state index contributed by atoms with van der Waals surface area (Å²) in [4.78, 5) is 38.1. The number of nitrogens with zero attached hydrogens (tertiary/aromatic N) is 2. The fourth-order valence-corrected chi connectivity index (χ4v) is 4.51. The molecule has 0 radical (unpaired) electrons. The molecule has 0 aliphatic rings. The molecule has 2 aromatic heterocycles. The average Bonchev–Trinajstić information content (AvgIpc) is 3.42. The number of methoxy groups -OCH3 is 1. The van der Waals surface area contributed by atoms with Crippen LogP contribution in [0, 0.1) is 13.8 Å². The standard InChI is InChI=1S/C25H24N4O5S/c1-15-9-10-20(33-3)19(11-15)27-22(30)13-26-23(31)14-34-25(32)21-12-18-16(2)28-29(24(18)35-21)17-7-5-4-6-8-17/h4-12H,13-14H2,1-3H3,(H,26,31)(H,27,30). The van der Waals surface area contributed by atoms with Crippen LogP contribution in [0.25, 0.3) is 15.9 Å². The number of hydrogen-bond acceptors (Lipinski definition) is 7. The predicted molar refractivity (Wildman–Crippen MR) is 133 cm³/mol. The minimum absolute atomic E-state index is 0.275. The summed E-state index contributed by atoms with van der Waals surface area (Å²) >= 11 is 1.24. The van der Waals surface area contributed by atoms with Gasteiger partial charge in [0.25, 0.3) is 5.91 Å². The highest BCUT2D eigenvalue weighted by Crippen LogP contribution is 2.30. The molecule has 0 aliphatic carbocycles. The number of rotatable bonds is 8. The lowest BCUT2D eigenvalue weighted by Crippen LogP contribution is -2.35. The number of carbonyl (C=O) groups excluding carboxylic acids is 3. The molecule has 35 heavy (non-hydrogen) atoms. The van der Waals surface area contributed by atoms with Gasteiger partial charge in [0.05, 0.1) is 30.7 Å². The number of para-hydroxylation sites is 1. The maximum Gasteiger partial charge on any atom is 0.348 e. The van der Waals surface area contributed by atoms with Gasteiger partial charge in [0.15, 0.2) is 6.61 Å². The Morgan fingerprint density at radius 1 is 1.03 bits per heavy atom. The van der Waals surface area contributed by atoms with Crippen molar-refractivity contribution in [1.29, 1.82) is 0 Å². The van der Waals surface area contributed by atoms with Crippen LogP contribution in [0.15, 0.2) is 54.6 Å². The molecule has 2 aromatic carbocycles. The van der Waals surface area contributed by atoms with Gasteiger partial charge in [-0.3, -0.25) is 9.59 Å².